The third-order valence-electron chi connectivity index (χ3n) is 4.17. The minimum Gasteiger partial charge on any atom is -0.370 e. The number of benzene rings is 1. The van der Waals surface area contributed by atoms with Crippen molar-refractivity contribution in [1.82, 2.24) is 15.1 Å². The number of nitrogens with zero attached hydrogens (tertiary/aromatic N) is 2. The molecule has 2 rings (SSSR count). The molecule has 0 radical (unpaired) electrons. The van der Waals surface area contributed by atoms with Gasteiger partial charge in [-0.1, -0.05) is 26.0 Å². The van der Waals surface area contributed by atoms with Gasteiger partial charge in [0.1, 0.15) is 12.3 Å². The van der Waals surface area contributed by atoms with Crippen molar-refractivity contribution in [2.45, 2.75) is 32.8 Å². The van der Waals surface area contributed by atoms with Crippen LogP contribution < -0.4 is 10.6 Å². The van der Waals surface area contributed by atoms with Crippen molar-refractivity contribution < 1.29 is 31.9 Å². The number of carbonyl (C=O) groups is 2. The lowest BCUT2D eigenvalue weighted by molar-refractivity contribution is -0.168. The van der Waals surface area contributed by atoms with Crippen LogP contribution in [0.2, 0.25) is 0 Å². The smallest absolute Gasteiger partial charge is 0.330 e. The Hall–Kier alpha value is -2.95. The molecule has 2 amide bonds. The fourth-order valence-electron chi connectivity index (χ4n) is 2.49. The first-order valence-electron chi connectivity index (χ1n) is 9.45. The van der Waals surface area contributed by atoms with E-state index in [-0.39, 0.29) is 35.4 Å². The zero-order chi connectivity index (χ0) is 23.2. The van der Waals surface area contributed by atoms with Crippen LogP contribution in [-0.2, 0) is 18.4 Å². The van der Waals surface area contributed by atoms with Crippen molar-refractivity contribution in [1.29, 1.82) is 0 Å². The maximum atomic E-state index is 12.8. The lowest BCUT2D eigenvalue weighted by Crippen LogP contribution is -2.32. The fraction of sp³-hybridized carbons (Fsp3) is 0.450. The van der Waals surface area contributed by atoms with Crippen molar-refractivity contribution in [2.24, 2.45) is 13.0 Å². The lowest BCUT2D eigenvalue weighted by atomic mass is 10.1. The number of alkyl halides is 4. The van der Waals surface area contributed by atoms with Gasteiger partial charge in [-0.05, 0) is 23.6 Å². The van der Waals surface area contributed by atoms with Gasteiger partial charge in [0.15, 0.2) is 0 Å². The van der Waals surface area contributed by atoms with Crippen LogP contribution in [0.5, 0.6) is 0 Å². The summed E-state index contributed by atoms with van der Waals surface area (Å²) in [5, 5.41) is 9.37. The number of hydrogen-bond donors (Lipinski definition) is 2. The molecule has 2 N–H and O–H groups in total. The van der Waals surface area contributed by atoms with Crippen molar-refractivity contribution in [2.75, 3.05) is 18.5 Å². The third-order valence-corrected chi connectivity index (χ3v) is 4.17. The Morgan fingerprint density at radius 1 is 1.16 bits per heavy atom. The van der Waals surface area contributed by atoms with E-state index in [1.807, 2.05) is 13.8 Å². The summed E-state index contributed by atoms with van der Waals surface area (Å²) in [6, 6.07) is 5.76. The van der Waals surface area contributed by atoms with Crippen molar-refractivity contribution in [3.8, 4) is 0 Å². The Kier molecular flexibility index (Phi) is 8.14. The molecule has 0 saturated carbocycles. The highest BCUT2D eigenvalue weighted by molar-refractivity contribution is 6.08. The molecule has 0 saturated heterocycles. The molecule has 0 fully saturated rings. The van der Waals surface area contributed by atoms with Gasteiger partial charge in [0.25, 0.3) is 11.8 Å². The van der Waals surface area contributed by atoms with E-state index < -0.39 is 24.9 Å². The van der Waals surface area contributed by atoms with Crippen molar-refractivity contribution in [3.05, 3.63) is 47.3 Å². The quantitative estimate of drug-likeness (QED) is 0.550. The van der Waals surface area contributed by atoms with E-state index in [0.717, 1.165) is 0 Å². The molecule has 0 bridgehead atoms. The maximum absolute atomic E-state index is 12.8. The second-order valence-electron chi connectivity index (χ2n) is 7.34. The number of aryl methyl sites for hydroxylation is 1. The first-order chi connectivity index (χ1) is 14.5. The Morgan fingerprint density at radius 3 is 2.39 bits per heavy atom. The predicted molar refractivity (Wildman–Crippen MR) is 105 cm³/mol. The molecule has 0 atom stereocenters. The molecule has 1 heterocycles. The highest BCUT2D eigenvalue weighted by Gasteiger charge is 2.40. The Morgan fingerprint density at radius 2 is 1.81 bits per heavy atom. The highest BCUT2D eigenvalue weighted by Crippen LogP contribution is 2.23. The molecule has 2 aromatic rings. The van der Waals surface area contributed by atoms with Crippen LogP contribution in [0.4, 0.5) is 23.2 Å². The summed E-state index contributed by atoms with van der Waals surface area (Å²) in [7, 11) is 1.58. The molecule has 0 unspecified atom stereocenters. The summed E-state index contributed by atoms with van der Waals surface area (Å²) < 4.78 is 55.9. The molecular weight excluding hydrogens is 420 g/mol. The number of aromatic nitrogens is 2. The van der Waals surface area contributed by atoms with E-state index in [9.17, 15) is 27.2 Å². The number of hydrogen-bond acceptors (Lipinski definition) is 4. The standard InChI is InChI=1S/C20H24F4N4O3/c1-12(2)8-25-18(30)16-15(9-26-28(16)3)27-17(29)14-6-4-13(5-7-14)10-31-11-20(23,24)19(21)22/h4-7,9,12,19H,8,10-11H2,1-3H3,(H,25,30)(H,27,29). The zero-order valence-corrected chi connectivity index (χ0v) is 17.3. The van der Waals surface area contributed by atoms with Crippen LogP contribution in [0.3, 0.4) is 0 Å². The van der Waals surface area contributed by atoms with Crippen molar-refractivity contribution >= 4 is 17.5 Å². The summed E-state index contributed by atoms with van der Waals surface area (Å²) in [5.74, 6) is -4.86. The van der Waals surface area contributed by atoms with E-state index in [1.54, 1.807) is 7.05 Å². The number of halogens is 4. The van der Waals surface area contributed by atoms with Gasteiger partial charge in [-0.15, -0.1) is 0 Å². The average Bonchev–Trinajstić information content (AvgIpc) is 3.06. The van der Waals surface area contributed by atoms with Crippen LogP contribution >= 0.6 is 0 Å². The number of rotatable bonds is 10. The molecule has 0 aliphatic rings. The average molecular weight is 444 g/mol. The zero-order valence-electron chi connectivity index (χ0n) is 17.3. The van der Waals surface area contributed by atoms with E-state index in [2.05, 4.69) is 20.5 Å². The Balaban J connectivity index is 1.98. The minimum atomic E-state index is -4.22. The van der Waals surface area contributed by atoms with E-state index in [0.29, 0.717) is 12.1 Å². The van der Waals surface area contributed by atoms with Crippen LogP contribution in [0, 0.1) is 5.92 Å². The maximum Gasteiger partial charge on any atom is 0.330 e. The molecule has 0 spiro atoms. The van der Waals surface area contributed by atoms with E-state index >= 15 is 0 Å². The first kappa shape index (κ1) is 24.3. The van der Waals surface area contributed by atoms with Crippen LogP contribution in [0.1, 0.15) is 40.3 Å². The molecule has 7 nitrogen and oxygen atoms in total. The van der Waals surface area contributed by atoms with E-state index in [4.69, 9.17) is 0 Å². The Bertz CT molecular complexity index is 898. The number of amides is 2. The lowest BCUT2D eigenvalue weighted by Gasteiger charge is -2.15. The molecule has 0 aliphatic carbocycles. The van der Waals surface area contributed by atoms with Gasteiger partial charge in [0.05, 0.1) is 18.5 Å². The van der Waals surface area contributed by atoms with Gasteiger partial charge in [0.2, 0.25) is 0 Å². The second-order valence-corrected chi connectivity index (χ2v) is 7.34. The molecular formula is C20H24F4N4O3. The van der Waals surface area contributed by atoms with Gasteiger partial charge in [0, 0.05) is 19.2 Å². The van der Waals surface area contributed by atoms with E-state index in [1.165, 1.54) is 35.1 Å². The second kappa shape index (κ2) is 10.4. The van der Waals surface area contributed by atoms with Gasteiger partial charge in [-0.2, -0.15) is 13.9 Å². The van der Waals surface area contributed by atoms with Crippen LogP contribution in [0.15, 0.2) is 30.5 Å². The highest BCUT2D eigenvalue weighted by atomic mass is 19.3. The predicted octanol–water partition coefficient (Wildman–Crippen LogP) is 3.48. The number of carbonyl (C=O) groups excluding carboxylic acids is 2. The molecule has 1 aromatic carbocycles. The largest absolute Gasteiger partial charge is 0.370 e. The normalized spacial score (nSPS) is 11.8. The SMILES string of the molecule is CC(C)CNC(=O)c1c(NC(=O)c2ccc(COCC(F)(F)C(F)F)cc2)cnn1C. The number of nitrogens with one attached hydrogen (secondary N) is 2. The number of anilines is 1. The monoisotopic (exact) mass is 444 g/mol. The first-order valence-corrected chi connectivity index (χ1v) is 9.45. The van der Waals surface area contributed by atoms with Gasteiger partial charge in [-0.3, -0.25) is 14.3 Å². The van der Waals surface area contributed by atoms with Gasteiger partial charge >= 0.3 is 12.3 Å². The summed E-state index contributed by atoms with van der Waals surface area (Å²) in [6.07, 6.45) is -2.45. The number of ether oxygens (including phenoxy) is 1. The molecule has 31 heavy (non-hydrogen) atoms. The topological polar surface area (TPSA) is 85.2 Å². The third kappa shape index (κ3) is 6.78. The molecule has 1 aromatic heterocycles. The molecule has 11 heteroatoms. The Labute approximate surface area is 176 Å². The van der Waals surface area contributed by atoms with Gasteiger partial charge < -0.3 is 15.4 Å². The molecule has 0 aliphatic heterocycles. The van der Waals surface area contributed by atoms with Crippen LogP contribution in [-0.4, -0.2) is 47.1 Å². The summed E-state index contributed by atoms with van der Waals surface area (Å²) >= 11 is 0. The summed E-state index contributed by atoms with van der Waals surface area (Å²) in [4.78, 5) is 24.9. The van der Waals surface area contributed by atoms with Crippen LogP contribution in [0.25, 0.3) is 0 Å². The minimum absolute atomic E-state index is 0.193. The molecule has 170 valence electrons. The summed E-state index contributed by atoms with van der Waals surface area (Å²) in [5.41, 5.74) is 1.09. The fourth-order valence-corrected chi connectivity index (χ4v) is 2.49. The van der Waals surface area contributed by atoms with Crippen molar-refractivity contribution in [3.63, 3.8) is 0 Å². The van der Waals surface area contributed by atoms with Gasteiger partial charge in [-0.25, -0.2) is 8.78 Å². The summed E-state index contributed by atoms with van der Waals surface area (Å²) in [6.45, 7) is 2.64.